The molecule has 5 heteroatoms. The molecule has 0 radical (unpaired) electrons. The van der Waals surface area contributed by atoms with Gasteiger partial charge in [0.15, 0.2) is 0 Å². The Morgan fingerprint density at radius 3 is 2.64 bits per heavy atom. The summed E-state index contributed by atoms with van der Waals surface area (Å²) in [5, 5.41) is 17.1. The van der Waals surface area contributed by atoms with E-state index in [1.807, 2.05) is 13.8 Å². The molecule has 1 rings (SSSR count). The van der Waals surface area contributed by atoms with Gasteiger partial charge in [-0.15, -0.1) is 5.10 Å². The van der Waals surface area contributed by atoms with E-state index in [9.17, 15) is 0 Å². The Kier molecular flexibility index (Phi) is 2.90. The van der Waals surface area contributed by atoms with Gasteiger partial charge in [0.2, 0.25) is 0 Å². The third kappa shape index (κ3) is 1.94. The fourth-order valence-electron chi connectivity index (χ4n) is 0.857. The molecule has 0 saturated heterocycles. The molecule has 1 atom stereocenters. The van der Waals surface area contributed by atoms with Crippen molar-refractivity contribution in [1.82, 2.24) is 14.8 Å². The first-order chi connectivity index (χ1) is 5.25. The number of aliphatic hydroxyl groups excluding tert-OH is 1. The number of rotatable bonds is 3. The topological polar surface area (TPSA) is 58.9 Å². The minimum atomic E-state index is 0.0926. The molecule has 1 aromatic heterocycles. The van der Waals surface area contributed by atoms with E-state index in [2.05, 4.69) is 14.8 Å². The largest absolute Gasteiger partial charge is 0.396 e. The highest BCUT2D eigenvalue weighted by atomic mass is 32.1. The van der Waals surface area contributed by atoms with Gasteiger partial charge in [-0.25, -0.2) is 0 Å². The van der Waals surface area contributed by atoms with Crippen molar-refractivity contribution in [3.05, 3.63) is 5.01 Å². The summed E-state index contributed by atoms with van der Waals surface area (Å²) in [6.07, 6.45) is 0. The Labute approximate surface area is 69.4 Å². The van der Waals surface area contributed by atoms with Gasteiger partial charge in [-0.1, -0.05) is 18.3 Å². The van der Waals surface area contributed by atoms with Crippen molar-refractivity contribution in [2.24, 2.45) is 5.92 Å². The molecule has 0 bridgehead atoms. The van der Waals surface area contributed by atoms with E-state index < -0.39 is 0 Å². The number of hydrogen-bond donors (Lipinski definition) is 1. The highest BCUT2D eigenvalue weighted by molar-refractivity contribution is 7.05. The molecule has 1 N–H and O–H groups in total. The minimum absolute atomic E-state index is 0.0926. The van der Waals surface area contributed by atoms with Crippen LogP contribution in [-0.2, 0) is 0 Å². The predicted molar refractivity (Wildman–Crippen MR) is 42.4 cm³/mol. The molecule has 0 aromatic carbocycles. The van der Waals surface area contributed by atoms with Crippen molar-refractivity contribution in [2.75, 3.05) is 6.61 Å². The lowest BCUT2D eigenvalue weighted by atomic mass is 9.98. The van der Waals surface area contributed by atoms with Crippen LogP contribution in [0.25, 0.3) is 0 Å². The van der Waals surface area contributed by atoms with E-state index in [0.717, 1.165) is 5.01 Å². The first kappa shape index (κ1) is 8.55. The fraction of sp³-hybridized carbons (Fsp3) is 0.833. The summed E-state index contributed by atoms with van der Waals surface area (Å²) in [4.78, 5) is 0. The second-order valence-electron chi connectivity index (χ2n) is 2.73. The molecule has 0 saturated carbocycles. The van der Waals surface area contributed by atoms with Gasteiger partial charge in [-0.05, 0) is 11.1 Å². The fourth-order valence-corrected chi connectivity index (χ4v) is 1.57. The predicted octanol–water partition coefficient (Wildman–Crippen LogP) is 0.665. The summed E-state index contributed by atoms with van der Waals surface area (Å²) in [7, 11) is 0. The summed E-state index contributed by atoms with van der Waals surface area (Å²) >= 11 is 1.25. The summed E-state index contributed by atoms with van der Waals surface area (Å²) in [5.74, 6) is 0.477. The van der Waals surface area contributed by atoms with E-state index in [1.165, 1.54) is 11.5 Å². The first-order valence-corrected chi connectivity index (χ1v) is 4.28. The molecule has 4 nitrogen and oxygen atoms in total. The van der Waals surface area contributed by atoms with E-state index >= 15 is 0 Å². The number of aromatic nitrogens is 3. The monoisotopic (exact) mass is 173 g/mol. The maximum Gasteiger partial charge on any atom is 0.143 e. The molecule has 0 aliphatic carbocycles. The van der Waals surface area contributed by atoms with Crippen molar-refractivity contribution in [3.8, 4) is 0 Å². The highest BCUT2D eigenvalue weighted by Gasteiger charge is 2.18. The zero-order valence-electron chi connectivity index (χ0n) is 6.56. The second kappa shape index (κ2) is 3.73. The Bertz CT molecular complexity index is 200. The van der Waals surface area contributed by atoms with Crippen LogP contribution in [0.5, 0.6) is 0 Å². The molecular weight excluding hydrogens is 162 g/mol. The molecule has 1 unspecified atom stereocenters. The van der Waals surface area contributed by atoms with Gasteiger partial charge in [-0.2, -0.15) is 0 Å². The first-order valence-electron chi connectivity index (χ1n) is 3.51. The van der Waals surface area contributed by atoms with E-state index in [0.29, 0.717) is 5.92 Å². The average molecular weight is 173 g/mol. The third-order valence-electron chi connectivity index (χ3n) is 1.63. The van der Waals surface area contributed by atoms with Gasteiger partial charge >= 0.3 is 0 Å². The van der Waals surface area contributed by atoms with Gasteiger partial charge in [0.25, 0.3) is 0 Å². The molecule has 11 heavy (non-hydrogen) atoms. The Hall–Kier alpha value is -0.550. The van der Waals surface area contributed by atoms with E-state index in [-0.39, 0.29) is 12.5 Å². The number of nitrogens with zero attached hydrogens (tertiary/aromatic N) is 3. The van der Waals surface area contributed by atoms with Crippen LogP contribution in [0.3, 0.4) is 0 Å². The van der Waals surface area contributed by atoms with Crippen LogP contribution in [0, 0.1) is 5.92 Å². The maximum absolute atomic E-state index is 8.98. The molecule has 0 aliphatic rings. The van der Waals surface area contributed by atoms with Crippen LogP contribution < -0.4 is 0 Å². The van der Waals surface area contributed by atoms with Gasteiger partial charge in [0, 0.05) is 17.5 Å². The Morgan fingerprint density at radius 2 is 2.27 bits per heavy atom. The van der Waals surface area contributed by atoms with Crippen molar-refractivity contribution < 1.29 is 5.11 Å². The molecule has 62 valence electrons. The molecule has 0 fully saturated rings. The smallest absolute Gasteiger partial charge is 0.143 e. The summed E-state index contributed by atoms with van der Waals surface area (Å²) < 4.78 is 3.64. The average Bonchev–Trinajstić information content (AvgIpc) is 2.40. The van der Waals surface area contributed by atoms with Crippen LogP contribution in [0.2, 0.25) is 0 Å². The third-order valence-corrected chi connectivity index (χ3v) is 2.36. The summed E-state index contributed by atoms with van der Waals surface area (Å²) in [6.45, 7) is 4.21. The lowest BCUT2D eigenvalue weighted by Crippen LogP contribution is -2.10. The van der Waals surface area contributed by atoms with E-state index in [4.69, 9.17) is 5.11 Å². The van der Waals surface area contributed by atoms with Crippen LogP contribution in [0.15, 0.2) is 0 Å². The lowest BCUT2D eigenvalue weighted by molar-refractivity contribution is 0.236. The normalized spacial score (nSPS) is 13.8. The quantitative estimate of drug-likeness (QED) is 0.729. The van der Waals surface area contributed by atoms with Crippen molar-refractivity contribution in [1.29, 1.82) is 0 Å². The van der Waals surface area contributed by atoms with Crippen LogP contribution in [0.4, 0.5) is 0 Å². The van der Waals surface area contributed by atoms with E-state index in [1.54, 1.807) is 0 Å². The van der Waals surface area contributed by atoms with Crippen LogP contribution in [0.1, 0.15) is 24.8 Å². The standard InChI is InChI=1S/C6H11N3OS/c1-4(2)5(3-10)6-7-8-9-11-6/h4-5,10H,3H2,1-2H3. The molecule has 0 spiro atoms. The molecule has 0 amide bonds. The van der Waals surface area contributed by atoms with Gasteiger partial charge in [0.1, 0.15) is 5.01 Å². The zero-order valence-corrected chi connectivity index (χ0v) is 7.38. The van der Waals surface area contributed by atoms with Gasteiger partial charge in [-0.3, -0.25) is 0 Å². The Morgan fingerprint density at radius 1 is 1.55 bits per heavy atom. The molecule has 1 heterocycles. The molecule has 0 aliphatic heterocycles. The highest BCUT2D eigenvalue weighted by Crippen LogP contribution is 2.23. The Balaban J connectivity index is 2.71. The zero-order chi connectivity index (χ0) is 8.27. The number of aliphatic hydroxyl groups is 1. The number of hydrogen-bond acceptors (Lipinski definition) is 5. The van der Waals surface area contributed by atoms with Crippen molar-refractivity contribution in [2.45, 2.75) is 19.8 Å². The van der Waals surface area contributed by atoms with Crippen LogP contribution in [-0.4, -0.2) is 26.5 Å². The maximum atomic E-state index is 8.98. The summed E-state index contributed by atoms with van der Waals surface area (Å²) in [5.41, 5.74) is 0. The minimum Gasteiger partial charge on any atom is -0.396 e. The molecular formula is C6H11N3OS. The van der Waals surface area contributed by atoms with Crippen molar-refractivity contribution in [3.63, 3.8) is 0 Å². The van der Waals surface area contributed by atoms with Crippen molar-refractivity contribution >= 4 is 11.5 Å². The van der Waals surface area contributed by atoms with Gasteiger partial charge < -0.3 is 5.11 Å². The summed E-state index contributed by atoms with van der Waals surface area (Å²) in [6, 6.07) is 0. The molecule has 1 aromatic rings. The van der Waals surface area contributed by atoms with Gasteiger partial charge in [0.05, 0.1) is 6.61 Å². The SMILES string of the molecule is CC(C)C(CO)c1nnns1. The second-order valence-corrected chi connectivity index (χ2v) is 3.50. The van der Waals surface area contributed by atoms with Crippen LogP contribution >= 0.6 is 11.5 Å². The lowest BCUT2D eigenvalue weighted by Gasteiger charge is -2.12.